The topological polar surface area (TPSA) is 44.5 Å². The second-order valence-corrected chi connectivity index (χ2v) is 2.85. The summed E-state index contributed by atoms with van der Waals surface area (Å²) in [6.45, 7) is -0.163. The molecule has 0 radical (unpaired) electrons. The molecule has 0 spiro atoms. The van der Waals surface area contributed by atoms with E-state index in [0.717, 1.165) is 5.56 Å². The van der Waals surface area contributed by atoms with Gasteiger partial charge >= 0.3 is 0 Å². The summed E-state index contributed by atoms with van der Waals surface area (Å²) in [7, 11) is 1.53. The number of halogens is 1. The van der Waals surface area contributed by atoms with Crippen LogP contribution in [0.3, 0.4) is 0 Å². The molecule has 14 heavy (non-hydrogen) atoms. The van der Waals surface area contributed by atoms with Gasteiger partial charge in [-0.25, -0.2) is 10.3 Å². The second-order valence-electron chi connectivity index (χ2n) is 2.85. The van der Waals surface area contributed by atoms with Crippen LogP contribution >= 0.6 is 0 Å². The first kappa shape index (κ1) is 10.9. The molecule has 0 atom stereocenters. The Balaban J connectivity index is 2.90. The minimum atomic E-state index is -0.538. The van der Waals surface area contributed by atoms with Crippen LogP contribution in [-0.4, -0.2) is 13.7 Å². The van der Waals surface area contributed by atoms with Gasteiger partial charge in [-0.1, -0.05) is 12.1 Å². The van der Waals surface area contributed by atoms with Crippen LogP contribution in [0.15, 0.2) is 18.2 Å². The normalized spacial score (nSPS) is 10.2. The molecule has 78 valence electrons. The van der Waals surface area contributed by atoms with Crippen LogP contribution in [0.5, 0.6) is 5.75 Å². The van der Waals surface area contributed by atoms with Gasteiger partial charge in [-0.15, -0.1) is 0 Å². The molecule has 0 fully saturated rings. The molecule has 2 N–H and O–H groups in total. The zero-order valence-corrected chi connectivity index (χ0v) is 8.13. The van der Waals surface area contributed by atoms with Gasteiger partial charge in [0.2, 0.25) is 0 Å². The third-order valence-electron chi connectivity index (χ3n) is 2.07. The lowest BCUT2D eigenvalue weighted by Gasteiger charge is -2.10. The highest BCUT2D eigenvalue weighted by atomic mass is 19.1. The van der Waals surface area contributed by atoms with E-state index in [1.165, 1.54) is 7.11 Å². The van der Waals surface area contributed by atoms with Crippen LogP contribution in [0.25, 0.3) is 0 Å². The van der Waals surface area contributed by atoms with Gasteiger partial charge in [-0.05, 0) is 18.1 Å². The summed E-state index contributed by atoms with van der Waals surface area (Å²) in [5.41, 5.74) is 1.45. The third kappa shape index (κ3) is 2.43. The summed E-state index contributed by atoms with van der Waals surface area (Å²) in [6.07, 6.45) is 0.590. The molecule has 0 saturated heterocycles. The largest absolute Gasteiger partial charge is 0.496 e. The number of benzene rings is 1. The maximum atomic E-state index is 12.7. The second kappa shape index (κ2) is 5.57. The first-order valence-electron chi connectivity index (χ1n) is 4.36. The SMILES string of the molecule is COc1cccc(CCON)c1CF. The van der Waals surface area contributed by atoms with Crippen molar-refractivity contribution < 1.29 is 14.0 Å². The molecule has 0 aromatic heterocycles. The minimum Gasteiger partial charge on any atom is -0.496 e. The van der Waals surface area contributed by atoms with E-state index in [0.29, 0.717) is 24.3 Å². The van der Waals surface area contributed by atoms with Gasteiger partial charge in [0.25, 0.3) is 0 Å². The molecule has 0 amide bonds. The zero-order chi connectivity index (χ0) is 10.4. The Labute approximate surface area is 82.6 Å². The Kier molecular flexibility index (Phi) is 4.35. The summed E-state index contributed by atoms with van der Waals surface area (Å²) in [5, 5.41) is 0. The molecule has 0 unspecified atom stereocenters. The van der Waals surface area contributed by atoms with Crippen LogP contribution < -0.4 is 10.6 Å². The highest BCUT2D eigenvalue weighted by molar-refractivity contribution is 5.39. The fraction of sp³-hybridized carbons (Fsp3) is 0.400. The Morgan fingerprint density at radius 1 is 1.43 bits per heavy atom. The van der Waals surface area contributed by atoms with Crippen molar-refractivity contribution in [2.24, 2.45) is 5.90 Å². The van der Waals surface area contributed by atoms with Crippen LogP contribution in [-0.2, 0) is 17.9 Å². The van der Waals surface area contributed by atoms with Crippen molar-refractivity contribution in [2.75, 3.05) is 13.7 Å². The number of hydrogen-bond donors (Lipinski definition) is 1. The Hall–Kier alpha value is -1.13. The van der Waals surface area contributed by atoms with Crippen LogP contribution in [0, 0.1) is 0 Å². The van der Waals surface area contributed by atoms with E-state index in [2.05, 4.69) is 4.84 Å². The molecule has 0 aliphatic heterocycles. The molecular formula is C10H14FNO2. The van der Waals surface area contributed by atoms with E-state index in [4.69, 9.17) is 10.6 Å². The fourth-order valence-electron chi connectivity index (χ4n) is 1.36. The van der Waals surface area contributed by atoms with Gasteiger partial charge < -0.3 is 9.57 Å². The number of alkyl halides is 1. The van der Waals surface area contributed by atoms with Crippen LogP contribution in [0.2, 0.25) is 0 Å². The average molecular weight is 199 g/mol. The van der Waals surface area contributed by atoms with Gasteiger partial charge in [-0.2, -0.15) is 0 Å². The number of ether oxygens (including phenoxy) is 1. The molecule has 0 bridgehead atoms. The molecule has 4 heteroatoms. The maximum Gasteiger partial charge on any atom is 0.124 e. The standard InChI is InChI=1S/C10H14FNO2/c1-13-10-4-2-3-8(5-6-14-12)9(10)7-11/h2-4H,5-7,12H2,1H3. The van der Waals surface area contributed by atoms with E-state index < -0.39 is 6.67 Å². The summed E-state index contributed by atoms with van der Waals surface area (Å²) in [5.74, 6) is 5.48. The Morgan fingerprint density at radius 2 is 2.21 bits per heavy atom. The predicted octanol–water partition coefficient (Wildman–Crippen LogP) is 1.60. The van der Waals surface area contributed by atoms with Crippen molar-refractivity contribution in [3.05, 3.63) is 29.3 Å². The summed E-state index contributed by atoms with van der Waals surface area (Å²) in [6, 6.07) is 5.40. The Morgan fingerprint density at radius 3 is 2.79 bits per heavy atom. The number of nitrogens with two attached hydrogens (primary N) is 1. The van der Waals surface area contributed by atoms with Gasteiger partial charge in [0, 0.05) is 5.56 Å². The van der Waals surface area contributed by atoms with E-state index in [-0.39, 0.29) is 0 Å². The van der Waals surface area contributed by atoms with Crippen LogP contribution in [0.1, 0.15) is 11.1 Å². The van der Waals surface area contributed by atoms with Gasteiger partial charge in [0.1, 0.15) is 12.4 Å². The molecule has 0 aliphatic rings. The van der Waals surface area contributed by atoms with Crippen molar-refractivity contribution in [2.45, 2.75) is 13.1 Å². The fourth-order valence-corrected chi connectivity index (χ4v) is 1.36. The van der Waals surface area contributed by atoms with E-state index in [1.54, 1.807) is 6.07 Å². The average Bonchev–Trinajstić information content (AvgIpc) is 2.25. The molecular weight excluding hydrogens is 185 g/mol. The van der Waals surface area contributed by atoms with E-state index >= 15 is 0 Å². The lowest BCUT2D eigenvalue weighted by Crippen LogP contribution is -2.06. The summed E-state index contributed by atoms with van der Waals surface area (Å²) >= 11 is 0. The van der Waals surface area contributed by atoms with Crippen molar-refractivity contribution in [3.8, 4) is 5.75 Å². The van der Waals surface area contributed by atoms with Crippen molar-refractivity contribution in [1.82, 2.24) is 0 Å². The summed E-state index contributed by atoms with van der Waals surface area (Å²) in [4.78, 5) is 4.46. The summed E-state index contributed by atoms with van der Waals surface area (Å²) < 4.78 is 17.8. The van der Waals surface area contributed by atoms with Gasteiger partial charge in [0.15, 0.2) is 0 Å². The van der Waals surface area contributed by atoms with Crippen molar-refractivity contribution in [3.63, 3.8) is 0 Å². The first-order valence-corrected chi connectivity index (χ1v) is 4.36. The van der Waals surface area contributed by atoms with Crippen molar-refractivity contribution in [1.29, 1.82) is 0 Å². The number of rotatable bonds is 5. The lowest BCUT2D eigenvalue weighted by molar-refractivity contribution is 0.141. The highest BCUT2D eigenvalue weighted by Gasteiger charge is 2.07. The molecule has 0 aliphatic carbocycles. The molecule has 1 aromatic rings. The van der Waals surface area contributed by atoms with Crippen LogP contribution in [0.4, 0.5) is 4.39 Å². The first-order chi connectivity index (χ1) is 6.83. The third-order valence-corrected chi connectivity index (χ3v) is 2.07. The molecule has 0 saturated carbocycles. The smallest absolute Gasteiger partial charge is 0.124 e. The molecule has 3 nitrogen and oxygen atoms in total. The highest BCUT2D eigenvalue weighted by Crippen LogP contribution is 2.23. The molecule has 1 aromatic carbocycles. The van der Waals surface area contributed by atoms with Crippen molar-refractivity contribution >= 4 is 0 Å². The maximum absolute atomic E-state index is 12.7. The number of hydrogen-bond acceptors (Lipinski definition) is 3. The quantitative estimate of drug-likeness (QED) is 0.732. The molecule has 1 rings (SSSR count). The van der Waals surface area contributed by atoms with Gasteiger partial charge in [-0.3, -0.25) is 0 Å². The van der Waals surface area contributed by atoms with Gasteiger partial charge in [0.05, 0.1) is 13.7 Å². The van der Waals surface area contributed by atoms with E-state index in [1.807, 2.05) is 12.1 Å². The predicted molar refractivity (Wildman–Crippen MR) is 51.6 cm³/mol. The van der Waals surface area contributed by atoms with E-state index in [9.17, 15) is 4.39 Å². The lowest BCUT2D eigenvalue weighted by atomic mass is 10.0. The zero-order valence-electron chi connectivity index (χ0n) is 8.13. The Bertz CT molecular complexity index is 291. The number of methoxy groups -OCH3 is 1. The monoisotopic (exact) mass is 199 g/mol. The molecule has 0 heterocycles. The minimum absolute atomic E-state index is 0.375.